The quantitative estimate of drug-likeness (QED) is 0.446. The molecule has 0 spiro atoms. The third-order valence-corrected chi connectivity index (χ3v) is 2.33. The van der Waals surface area contributed by atoms with E-state index < -0.39 is 0 Å². The number of nitrogens with two attached hydrogens (primary N) is 2. The molecule has 0 amide bonds. The maximum absolute atomic E-state index is 5.54. The Kier molecular flexibility index (Phi) is 14.2. The average Bonchev–Trinajstić information content (AvgIpc) is 2.18. The van der Waals surface area contributed by atoms with Crippen molar-refractivity contribution in [3.05, 3.63) is 24.0 Å². The molecule has 7 heteroatoms. The van der Waals surface area contributed by atoms with Gasteiger partial charge in [0.15, 0.2) is 10.3 Å². The van der Waals surface area contributed by atoms with E-state index in [0.29, 0.717) is 23.4 Å². The molecule has 0 fully saturated rings. The molecular formula is C9H17BrN4S2. The molecule has 16 heavy (non-hydrogen) atoms. The van der Waals surface area contributed by atoms with Crippen LogP contribution in [0.25, 0.3) is 0 Å². The summed E-state index contributed by atoms with van der Waals surface area (Å²) in [6.45, 7) is 8.39. The number of thioether (sulfide) groups is 2. The largest absolute Gasteiger partial charge is 0.378 e. The van der Waals surface area contributed by atoms with Gasteiger partial charge in [-0.2, -0.15) is 0 Å². The zero-order chi connectivity index (χ0) is 11.5. The maximum atomic E-state index is 5.54. The summed E-state index contributed by atoms with van der Waals surface area (Å²) in [5.41, 5.74) is 11.1. The predicted molar refractivity (Wildman–Crippen MR) is 83.5 cm³/mol. The SMILES string of the molecule is Br.C=CSC(N)=NCCCN=C(N)SC=C. The highest BCUT2D eigenvalue weighted by Gasteiger charge is 1.90. The first kappa shape index (κ1) is 18.0. The second-order valence-corrected chi connectivity index (χ2v) is 4.34. The van der Waals surface area contributed by atoms with E-state index in [0.717, 1.165) is 6.42 Å². The average molecular weight is 325 g/mol. The van der Waals surface area contributed by atoms with Crippen molar-refractivity contribution in [2.24, 2.45) is 21.5 Å². The lowest BCUT2D eigenvalue weighted by Crippen LogP contribution is -2.08. The van der Waals surface area contributed by atoms with Gasteiger partial charge < -0.3 is 11.5 Å². The molecule has 0 unspecified atom stereocenters. The van der Waals surface area contributed by atoms with E-state index >= 15 is 0 Å². The van der Waals surface area contributed by atoms with Crippen LogP contribution in [-0.2, 0) is 0 Å². The van der Waals surface area contributed by atoms with Crippen molar-refractivity contribution in [3.8, 4) is 0 Å². The Labute approximate surface area is 116 Å². The van der Waals surface area contributed by atoms with Crippen LogP contribution in [0.2, 0.25) is 0 Å². The van der Waals surface area contributed by atoms with Crippen LogP contribution in [0.15, 0.2) is 34.0 Å². The third-order valence-electron chi connectivity index (χ3n) is 1.26. The summed E-state index contributed by atoms with van der Waals surface area (Å²) in [7, 11) is 0. The summed E-state index contributed by atoms with van der Waals surface area (Å²) in [4.78, 5) is 8.21. The molecule has 0 rings (SSSR count). The van der Waals surface area contributed by atoms with Crippen LogP contribution in [0, 0.1) is 0 Å². The zero-order valence-electron chi connectivity index (χ0n) is 8.96. The first-order valence-electron chi connectivity index (χ1n) is 4.35. The molecule has 0 aromatic rings. The van der Waals surface area contributed by atoms with Crippen molar-refractivity contribution in [2.45, 2.75) is 6.42 Å². The number of halogens is 1. The van der Waals surface area contributed by atoms with E-state index in [1.54, 1.807) is 10.8 Å². The van der Waals surface area contributed by atoms with Crippen LogP contribution < -0.4 is 11.5 Å². The Morgan fingerprint density at radius 3 is 1.69 bits per heavy atom. The number of amidine groups is 2. The first-order valence-corrected chi connectivity index (χ1v) is 6.11. The summed E-state index contributed by atoms with van der Waals surface area (Å²) in [6, 6.07) is 0. The normalized spacial score (nSPS) is 11.8. The minimum atomic E-state index is 0. The summed E-state index contributed by atoms with van der Waals surface area (Å²) in [5, 5.41) is 4.36. The molecule has 0 saturated carbocycles. The molecule has 0 aliphatic heterocycles. The van der Waals surface area contributed by atoms with Gasteiger partial charge in [-0.05, 0) is 17.2 Å². The van der Waals surface area contributed by atoms with Gasteiger partial charge in [-0.15, -0.1) is 17.0 Å². The van der Waals surface area contributed by atoms with E-state index in [-0.39, 0.29) is 17.0 Å². The molecule has 4 nitrogen and oxygen atoms in total. The van der Waals surface area contributed by atoms with Crippen molar-refractivity contribution in [2.75, 3.05) is 13.1 Å². The Morgan fingerprint density at radius 1 is 1.00 bits per heavy atom. The molecule has 0 saturated heterocycles. The van der Waals surface area contributed by atoms with Gasteiger partial charge in [-0.1, -0.05) is 36.7 Å². The number of rotatable bonds is 6. The van der Waals surface area contributed by atoms with Crippen LogP contribution in [0.4, 0.5) is 0 Å². The molecule has 0 heterocycles. The van der Waals surface area contributed by atoms with E-state index in [1.165, 1.54) is 23.5 Å². The number of nitrogens with zero attached hydrogens (tertiary/aromatic N) is 2. The van der Waals surface area contributed by atoms with Crippen LogP contribution in [0.1, 0.15) is 6.42 Å². The lowest BCUT2D eigenvalue weighted by atomic mass is 10.4. The minimum absolute atomic E-state index is 0. The summed E-state index contributed by atoms with van der Waals surface area (Å²) in [5.74, 6) is 0. The number of hydrogen-bond acceptors (Lipinski definition) is 4. The van der Waals surface area contributed by atoms with Gasteiger partial charge in [0.1, 0.15) is 0 Å². The van der Waals surface area contributed by atoms with E-state index in [1.807, 2.05) is 0 Å². The van der Waals surface area contributed by atoms with Gasteiger partial charge in [-0.3, -0.25) is 9.98 Å². The van der Waals surface area contributed by atoms with Gasteiger partial charge in [0.05, 0.1) is 0 Å². The fraction of sp³-hybridized carbons (Fsp3) is 0.333. The molecule has 0 aromatic heterocycles. The fourth-order valence-electron chi connectivity index (χ4n) is 0.695. The second-order valence-electron chi connectivity index (χ2n) is 2.36. The van der Waals surface area contributed by atoms with Crippen molar-refractivity contribution in [3.63, 3.8) is 0 Å². The molecule has 0 atom stereocenters. The highest BCUT2D eigenvalue weighted by atomic mass is 79.9. The molecule has 0 aliphatic carbocycles. The van der Waals surface area contributed by atoms with Crippen molar-refractivity contribution in [1.82, 2.24) is 0 Å². The maximum Gasteiger partial charge on any atom is 0.158 e. The molecule has 0 aromatic carbocycles. The number of hydrogen-bond donors (Lipinski definition) is 2. The van der Waals surface area contributed by atoms with Gasteiger partial charge in [0.2, 0.25) is 0 Å². The molecule has 0 aliphatic rings. The van der Waals surface area contributed by atoms with E-state index in [2.05, 4.69) is 23.1 Å². The number of aliphatic imine (C=N–C) groups is 2. The van der Waals surface area contributed by atoms with Crippen LogP contribution in [-0.4, -0.2) is 23.4 Å². The van der Waals surface area contributed by atoms with E-state index in [9.17, 15) is 0 Å². The third kappa shape index (κ3) is 11.7. The molecule has 0 radical (unpaired) electrons. The lowest BCUT2D eigenvalue weighted by Gasteiger charge is -1.96. The second kappa shape index (κ2) is 12.7. The van der Waals surface area contributed by atoms with Gasteiger partial charge in [0, 0.05) is 13.1 Å². The Bertz CT molecular complexity index is 240. The molecule has 4 N–H and O–H groups in total. The molecular weight excluding hydrogens is 308 g/mol. The Balaban J connectivity index is 0. The standard InChI is InChI=1S/C9H16N4S2.BrH/c1-3-14-8(10)12-6-5-7-13-9(11)15-4-2;/h3-4H,1-2,5-7H2,(H2,10,12)(H2,11,13);1H. The Morgan fingerprint density at radius 2 is 1.38 bits per heavy atom. The van der Waals surface area contributed by atoms with Gasteiger partial charge in [-0.25, -0.2) is 0 Å². The molecule has 0 bridgehead atoms. The van der Waals surface area contributed by atoms with Crippen LogP contribution in [0.5, 0.6) is 0 Å². The summed E-state index contributed by atoms with van der Waals surface area (Å²) in [6.07, 6.45) is 0.830. The summed E-state index contributed by atoms with van der Waals surface area (Å²) >= 11 is 2.63. The Hall–Kier alpha value is -0.400. The smallest absolute Gasteiger partial charge is 0.158 e. The summed E-state index contributed by atoms with van der Waals surface area (Å²) < 4.78 is 0. The van der Waals surface area contributed by atoms with Gasteiger partial charge >= 0.3 is 0 Å². The monoisotopic (exact) mass is 324 g/mol. The van der Waals surface area contributed by atoms with Crippen LogP contribution >= 0.6 is 40.5 Å². The van der Waals surface area contributed by atoms with Crippen molar-refractivity contribution in [1.29, 1.82) is 0 Å². The van der Waals surface area contributed by atoms with Crippen LogP contribution in [0.3, 0.4) is 0 Å². The highest BCUT2D eigenvalue weighted by Crippen LogP contribution is 2.01. The molecule has 92 valence electrons. The first-order chi connectivity index (χ1) is 7.20. The van der Waals surface area contributed by atoms with Crippen molar-refractivity contribution >= 4 is 50.8 Å². The van der Waals surface area contributed by atoms with Crippen molar-refractivity contribution < 1.29 is 0 Å². The fourth-order valence-corrected chi connectivity index (χ4v) is 1.37. The zero-order valence-corrected chi connectivity index (χ0v) is 12.3. The lowest BCUT2D eigenvalue weighted by molar-refractivity contribution is 0.847. The predicted octanol–water partition coefficient (Wildman–Crippen LogP) is 2.34. The topological polar surface area (TPSA) is 76.8 Å². The minimum Gasteiger partial charge on any atom is -0.378 e. The van der Waals surface area contributed by atoms with E-state index in [4.69, 9.17) is 11.5 Å². The van der Waals surface area contributed by atoms with Gasteiger partial charge in [0.25, 0.3) is 0 Å². The highest BCUT2D eigenvalue weighted by molar-refractivity contribution is 8.93.